The largest absolute Gasteiger partial charge is 0.497 e. The lowest BCUT2D eigenvalue weighted by atomic mass is 10.1. The quantitative estimate of drug-likeness (QED) is 0.799. The second-order valence-electron chi connectivity index (χ2n) is 5.39. The minimum Gasteiger partial charge on any atom is -0.497 e. The summed E-state index contributed by atoms with van der Waals surface area (Å²) >= 11 is 1.54. The van der Waals surface area contributed by atoms with Crippen LogP contribution in [0.2, 0.25) is 0 Å². The Morgan fingerprint density at radius 1 is 1.29 bits per heavy atom. The standard InChI is InChI=1S/C17H20N2O4S/c1-21-14-4-2-13(3-5-14)16-10-15(23-18-16)11-24-12-17(20)19-6-8-22-9-7-19/h2-5,10H,6-9,11-12H2,1H3. The number of amides is 1. The van der Waals surface area contributed by atoms with Crippen LogP contribution < -0.4 is 4.74 Å². The van der Waals surface area contributed by atoms with Crippen LogP contribution in [0.1, 0.15) is 5.76 Å². The highest BCUT2D eigenvalue weighted by atomic mass is 32.2. The number of hydrogen-bond donors (Lipinski definition) is 0. The van der Waals surface area contributed by atoms with E-state index in [0.717, 1.165) is 22.8 Å². The topological polar surface area (TPSA) is 64.8 Å². The maximum Gasteiger partial charge on any atom is 0.232 e. The summed E-state index contributed by atoms with van der Waals surface area (Å²) < 4.78 is 15.8. The highest BCUT2D eigenvalue weighted by molar-refractivity contribution is 7.99. The number of thioether (sulfide) groups is 1. The highest BCUT2D eigenvalue weighted by Crippen LogP contribution is 2.23. The number of benzene rings is 1. The Morgan fingerprint density at radius 2 is 2.04 bits per heavy atom. The molecule has 1 aliphatic heterocycles. The van der Waals surface area contributed by atoms with E-state index in [1.807, 2.05) is 35.2 Å². The molecule has 24 heavy (non-hydrogen) atoms. The summed E-state index contributed by atoms with van der Waals surface area (Å²) in [5.41, 5.74) is 1.76. The van der Waals surface area contributed by atoms with Crippen molar-refractivity contribution in [2.75, 3.05) is 39.2 Å². The lowest BCUT2D eigenvalue weighted by Crippen LogP contribution is -2.41. The van der Waals surface area contributed by atoms with E-state index in [1.165, 1.54) is 11.8 Å². The lowest BCUT2D eigenvalue weighted by molar-refractivity contribution is -0.132. The van der Waals surface area contributed by atoms with Gasteiger partial charge < -0.3 is 18.9 Å². The molecule has 1 saturated heterocycles. The number of carbonyl (C=O) groups excluding carboxylic acids is 1. The van der Waals surface area contributed by atoms with Gasteiger partial charge in [0.25, 0.3) is 0 Å². The molecule has 0 saturated carbocycles. The summed E-state index contributed by atoms with van der Waals surface area (Å²) in [6.07, 6.45) is 0. The molecule has 2 heterocycles. The minimum absolute atomic E-state index is 0.151. The Balaban J connectivity index is 1.49. The van der Waals surface area contributed by atoms with Gasteiger partial charge in [-0.1, -0.05) is 5.16 Å². The predicted octanol–water partition coefficient (Wildman–Crippen LogP) is 2.44. The first-order valence-corrected chi connectivity index (χ1v) is 8.95. The van der Waals surface area contributed by atoms with E-state index in [1.54, 1.807) is 7.11 Å². The van der Waals surface area contributed by atoms with Gasteiger partial charge in [-0.2, -0.15) is 0 Å². The molecule has 1 fully saturated rings. The second-order valence-corrected chi connectivity index (χ2v) is 6.38. The fraction of sp³-hybridized carbons (Fsp3) is 0.412. The van der Waals surface area contributed by atoms with Crippen molar-refractivity contribution in [1.29, 1.82) is 0 Å². The van der Waals surface area contributed by atoms with E-state index in [2.05, 4.69) is 5.16 Å². The molecule has 1 amide bonds. The monoisotopic (exact) mass is 348 g/mol. The first-order chi connectivity index (χ1) is 11.8. The normalized spacial score (nSPS) is 14.6. The van der Waals surface area contributed by atoms with Crippen molar-refractivity contribution in [1.82, 2.24) is 10.1 Å². The average molecular weight is 348 g/mol. The molecule has 128 valence electrons. The van der Waals surface area contributed by atoms with E-state index < -0.39 is 0 Å². The molecule has 0 unspecified atom stereocenters. The third-order valence-corrected chi connectivity index (χ3v) is 4.72. The van der Waals surface area contributed by atoms with Gasteiger partial charge in [0.15, 0.2) is 0 Å². The number of morpholine rings is 1. The maximum atomic E-state index is 12.1. The van der Waals surface area contributed by atoms with E-state index in [-0.39, 0.29) is 5.91 Å². The molecule has 0 N–H and O–H groups in total. The zero-order valence-corrected chi connectivity index (χ0v) is 14.4. The first-order valence-electron chi connectivity index (χ1n) is 7.79. The molecule has 0 bridgehead atoms. The summed E-state index contributed by atoms with van der Waals surface area (Å²) in [4.78, 5) is 13.9. The number of ether oxygens (including phenoxy) is 2. The molecule has 1 aliphatic rings. The molecular formula is C17H20N2O4S. The van der Waals surface area contributed by atoms with Crippen LogP contribution in [0.3, 0.4) is 0 Å². The van der Waals surface area contributed by atoms with Gasteiger partial charge in [-0.15, -0.1) is 11.8 Å². The number of rotatable bonds is 6. The molecule has 1 aromatic carbocycles. The predicted molar refractivity (Wildman–Crippen MR) is 92.1 cm³/mol. The molecule has 1 aromatic heterocycles. The maximum absolute atomic E-state index is 12.1. The summed E-state index contributed by atoms with van der Waals surface area (Å²) in [5, 5.41) is 4.09. The molecule has 7 heteroatoms. The Hall–Kier alpha value is -1.99. The van der Waals surface area contributed by atoms with Crippen molar-refractivity contribution in [3.63, 3.8) is 0 Å². The molecule has 0 aliphatic carbocycles. The van der Waals surface area contributed by atoms with Crippen LogP contribution in [0.4, 0.5) is 0 Å². The molecule has 3 rings (SSSR count). The molecule has 0 radical (unpaired) electrons. The van der Waals surface area contributed by atoms with E-state index in [9.17, 15) is 4.79 Å². The number of carbonyl (C=O) groups is 1. The van der Waals surface area contributed by atoms with Crippen LogP contribution in [-0.4, -0.2) is 55.1 Å². The summed E-state index contributed by atoms with van der Waals surface area (Å²) in [5.74, 6) is 2.79. The van der Waals surface area contributed by atoms with Gasteiger partial charge in [-0.05, 0) is 24.3 Å². The van der Waals surface area contributed by atoms with Gasteiger partial charge in [-0.25, -0.2) is 0 Å². The van der Waals surface area contributed by atoms with Crippen LogP contribution in [-0.2, 0) is 15.3 Å². The Labute approximate surface area is 145 Å². The number of hydrogen-bond acceptors (Lipinski definition) is 6. The van der Waals surface area contributed by atoms with Gasteiger partial charge in [0, 0.05) is 24.7 Å². The molecule has 0 atom stereocenters. The van der Waals surface area contributed by atoms with Crippen molar-refractivity contribution in [3.8, 4) is 17.0 Å². The molecule has 0 spiro atoms. The highest BCUT2D eigenvalue weighted by Gasteiger charge is 2.17. The van der Waals surface area contributed by atoms with Crippen LogP contribution in [0.25, 0.3) is 11.3 Å². The lowest BCUT2D eigenvalue weighted by Gasteiger charge is -2.26. The fourth-order valence-electron chi connectivity index (χ4n) is 2.42. The minimum atomic E-state index is 0.151. The van der Waals surface area contributed by atoms with Gasteiger partial charge in [0.2, 0.25) is 5.91 Å². The number of nitrogens with zero attached hydrogens (tertiary/aromatic N) is 2. The van der Waals surface area contributed by atoms with Crippen molar-refractivity contribution in [2.24, 2.45) is 0 Å². The Bertz CT molecular complexity index is 665. The zero-order valence-electron chi connectivity index (χ0n) is 13.6. The van der Waals surface area contributed by atoms with E-state index in [0.29, 0.717) is 37.8 Å². The third kappa shape index (κ3) is 4.30. The molecule has 2 aromatic rings. The Kier molecular flexibility index (Phi) is 5.77. The van der Waals surface area contributed by atoms with Crippen LogP contribution >= 0.6 is 11.8 Å². The number of aromatic nitrogens is 1. The zero-order chi connectivity index (χ0) is 16.8. The second kappa shape index (κ2) is 8.21. The van der Waals surface area contributed by atoms with Gasteiger partial charge in [0.1, 0.15) is 17.2 Å². The van der Waals surface area contributed by atoms with E-state index in [4.69, 9.17) is 14.0 Å². The Morgan fingerprint density at radius 3 is 2.75 bits per heavy atom. The van der Waals surface area contributed by atoms with Crippen LogP contribution in [0.15, 0.2) is 34.9 Å². The average Bonchev–Trinajstić information content (AvgIpc) is 3.11. The van der Waals surface area contributed by atoms with Crippen molar-refractivity contribution in [3.05, 3.63) is 36.1 Å². The van der Waals surface area contributed by atoms with Gasteiger partial charge in [0.05, 0.1) is 31.8 Å². The SMILES string of the molecule is COc1ccc(-c2cc(CSCC(=O)N3CCOCC3)on2)cc1. The van der Waals surface area contributed by atoms with Crippen molar-refractivity contribution < 1.29 is 18.8 Å². The summed E-state index contributed by atoms with van der Waals surface area (Å²) in [6, 6.07) is 9.57. The summed E-state index contributed by atoms with van der Waals surface area (Å²) in [7, 11) is 1.64. The fourth-order valence-corrected chi connectivity index (χ4v) is 3.22. The van der Waals surface area contributed by atoms with E-state index >= 15 is 0 Å². The third-order valence-electron chi connectivity index (χ3n) is 3.78. The van der Waals surface area contributed by atoms with Crippen molar-refractivity contribution >= 4 is 17.7 Å². The van der Waals surface area contributed by atoms with Gasteiger partial charge in [-0.3, -0.25) is 4.79 Å². The number of methoxy groups -OCH3 is 1. The molecular weight excluding hydrogens is 328 g/mol. The van der Waals surface area contributed by atoms with Crippen LogP contribution in [0.5, 0.6) is 5.75 Å². The smallest absolute Gasteiger partial charge is 0.232 e. The molecule has 6 nitrogen and oxygen atoms in total. The van der Waals surface area contributed by atoms with Crippen molar-refractivity contribution in [2.45, 2.75) is 5.75 Å². The summed E-state index contributed by atoms with van der Waals surface area (Å²) in [6.45, 7) is 2.63. The van der Waals surface area contributed by atoms with Crippen LogP contribution in [0, 0.1) is 0 Å². The first kappa shape index (κ1) is 16.9. The van der Waals surface area contributed by atoms with Gasteiger partial charge >= 0.3 is 0 Å².